The maximum absolute atomic E-state index is 12.5. The number of nitrogen functional groups attached to an aromatic ring is 1. The molecule has 21 heavy (non-hydrogen) atoms. The Bertz CT molecular complexity index is 638. The van der Waals surface area contributed by atoms with Crippen molar-refractivity contribution in [2.45, 2.75) is 36.2 Å². The van der Waals surface area contributed by atoms with Crippen molar-refractivity contribution < 1.29 is 8.42 Å². The van der Waals surface area contributed by atoms with E-state index in [9.17, 15) is 8.42 Å². The zero-order chi connectivity index (χ0) is 15.2. The molecule has 1 aliphatic carbocycles. The molecule has 0 radical (unpaired) electrons. The predicted octanol–water partition coefficient (Wildman–Crippen LogP) is 2.09. The van der Waals surface area contributed by atoms with Crippen molar-refractivity contribution in [3.8, 4) is 0 Å². The van der Waals surface area contributed by atoms with Crippen LogP contribution in [0.1, 0.15) is 19.3 Å². The first-order valence-corrected chi connectivity index (χ1v) is 9.11. The highest BCUT2D eigenvalue weighted by Crippen LogP contribution is 2.33. The second kappa shape index (κ2) is 5.59. The summed E-state index contributed by atoms with van der Waals surface area (Å²) in [6.07, 6.45) is 3.24. The lowest BCUT2D eigenvalue weighted by molar-refractivity contribution is 0.322. The first kappa shape index (κ1) is 15.4. The quantitative estimate of drug-likeness (QED) is 0.816. The number of hydrogen-bond donors (Lipinski definition) is 2. The van der Waals surface area contributed by atoms with E-state index in [-0.39, 0.29) is 21.6 Å². The number of nitrogens with one attached hydrogen (secondary N) is 1. The number of rotatable bonds is 4. The van der Waals surface area contributed by atoms with Gasteiger partial charge in [-0.15, -0.1) is 0 Å². The van der Waals surface area contributed by atoms with Gasteiger partial charge in [0.2, 0.25) is 10.0 Å². The van der Waals surface area contributed by atoms with Crippen molar-refractivity contribution in [2.24, 2.45) is 0 Å². The molecule has 0 aromatic heterocycles. The van der Waals surface area contributed by atoms with E-state index in [0.29, 0.717) is 11.1 Å². The summed E-state index contributed by atoms with van der Waals surface area (Å²) in [4.78, 5) is 2.25. The summed E-state index contributed by atoms with van der Waals surface area (Å²) in [6.45, 7) is 1.68. The summed E-state index contributed by atoms with van der Waals surface area (Å²) in [5.41, 5.74) is 5.84. The molecule has 3 rings (SSSR count). The van der Waals surface area contributed by atoms with Gasteiger partial charge in [0.15, 0.2) is 0 Å². The number of benzene rings is 1. The van der Waals surface area contributed by atoms with Gasteiger partial charge in [-0.25, -0.2) is 13.1 Å². The van der Waals surface area contributed by atoms with Crippen LogP contribution in [0.4, 0.5) is 5.69 Å². The van der Waals surface area contributed by atoms with Gasteiger partial charge in [-0.05, 0) is 31.4 Å². The van der Waals surface area contributed by atoms with Gasteiger partial charge in [0.05, 0.1) is 10.7 Å². The van der Waals surface area contributed by atoms with Crippen LogP contribution in [-0.2, 0) is 10.0 Å². The van der Waals surface area contributed by atoms with Gasteiger partial charge in [-0.1, -0.05) is 23.2 Å². The Kier molecular flexibility index (Phi) is 4.09. The first-order valence-electron chi connectivity index (χ1n) is 6.88. The zero-order valence-electron chi connectivity index (χ0n) is 11.4. The Morgan fingerprint density at radius 2 is 1.95 bits per heavy atom. The lowest BCUT2D eigenvalue weighted by atomic mass is 10.3. The van der Waals surface area contributed by atoms with Crippen LogP contribution in [0, 0.1) is 0 Å². The highest BCUT2D eigenvalue weighted by Gasteiger charge is 2.36. The molecule has 2 fully saturated rings. The topological polar surface area (TPSA) is 75.4 Å². The molecule has 3 N–H and O–H groups in total. The van der Waals surface area contributed by atoms with Crippen molar-refractivity contribution >= 4 is 38.9 Å². The minimum absolute atomic E-state index is 0.0459. The number of sulfonamides is 1. The fourth-order valence-corrected chi connectivity index (χ4v) is 5.04. The van der Waals surface area contributed by atoms with Crippen LogP contribution in [0.5, 0.6) is 0 Å². The van der Waals surface area contributed by atoms with E-state index < -0.39 is 10.0 Å². The summed E-state index contributed by atoms with van der Waals surface area (Å²) in [5, 5.41) is 0.363. The summed E-state index contributed by atoms with van der Waals surface area (Å²) in [6, 6.07) is 3.33. The lowest BCUT2D eigenvalue weighted by Crippen LogP contribution is -2.37. The average molecular weight is 350 g/mol. The Morgan fingerprint density at radius 1 is 1.24 bits per heavy atom. The van der Waals surface area contributed by atoms with E-state index in [2.05, 4.69) is 9.62 Å². The molecular formula is C13H17Cl2N3O2S. The minimum Gasteiger partial charge on any atom is -0.398 e. The van der Waals surface area contributed by atoms with Gasteiger partial charge in [0.1, 0.15) is 4.90 Å². The van der Waals surface area contributed by atoms with Crippen LogP contribution in [0.15, 0.2) is 17.0 Å². The predicted molar refractivity (Wildman–Crippen MR) is 84.2 cm³/mol. The number of hydrogen-bond acceptors (Lipinski definition) is 4. The molecule has 8 heteroatoms. The summed E-state index contributed by atoms with van der Waals surface area (Å²) >= 11 is 11.8. The first-order chi connectivity index (χ1) is 9.87. The summed E-state index contributed by atoms with van der Waals surface area (Å²) in [5.74, 6) is 0. The van der Waals surface area contributed by atoms with Crippen LogP contribution in [0.25, 0.3) is 0 Å². The molecule has 1 aromatic carbocycles. The Hall–Kier alpha value is -0.530. The molecule has 0 amide bonds. The minimum atomic E-state index is -3.74. The smallest absolute Gasteiger partial charge is 0.244 e. The fraction of sp³-hybridized carbons (Fsp3) is 0.538. The summed E-state index contributed by atoms with van der Waals surface area (Å²) in [7, 11) is -3.74. The molecule has 1 aliphatic heterocycles. The third-order valence-corrected chi connectivity index (χ3v) is 6.18. The normalized spacial score (nSPS) is 23.6. The fourth-order valence-electron chi connectivity index (χ4n) is 2.80. The van der Waals surface area contributed by atoms with Crippen LogP contribution < -0.4 is 10.5 Å². The second-order valence-corrected chi connectivity index (χ2v) is 8.13. The van der Waals surface area contributed by atoms with Crippen LogP contribution in [0.3, 0.4) is 0 Å². The number of halogens is 2. The van der Waals surface area contributed by atoms with Gasteiger partial charge in [-0.2, -0.15) is 0 Å². The third-order valence-electron chi connectivity index (χ3n) is 3.91. The zero-order valence-corrected chi connectivity index (χ0v) is 13.7. The molecule has 1 saturated carbocycles. The number of nitrogens with two attached hydrogens (primary N) is 1. The number of nitrogens with zero attached hydrogens (tertiary/aromatic N) is 1. The monoisotopic (exact) mass is 349 g/mol. The van der Waals surface area contributed by atoms with Gasteiger partial charge in [0, 0.05) is 30.2 Å². The molecule has 0 spiro atoms. The SMILES string of the molecule is Nc1cc(Cl)cc(Cl)c1S(=O)(=O)NC1CCN(C2CC2)C1. The van der Waals surface area contributed by atoms with E-state index in [1.54, 1.807) is 0 Å². The third kappa shape index (κ3) is 3.29. The maximum Gasteiger partial charge on any atom is 0.244 e. The largest absolute Gasteiger partial charge is 0.398 e. The molecule has 2 aliphatic rings. The van der Waals surface area contributed by atoms with Crippen LogP contribution in [0.2, 0.25) is 10.0 Å². The van der Waals surface area contributed by atoms with E-state index in [1.165, 1.54) is 25.0 Å². The molecule has 1 aromatic rings. The number of likely N-dealkylation sites (tertiary alicyclic amines) is 1. The van der Waals surface area contributed by atoms with Gasteiger partial charge in [0.25, 0.3) is 0 Å². The average Bonchev–Trinajstić information content (AvgIpc) is 3.09. The summed E-state index contributed by atoms with van der Waals surface area (Å²) < 4.78 is 27.7. The molecule has 1 saturated heterocycles. The molecule has 1 heterocycles. The molecule has 1 atom stereocenters. The highest BCUT2D eigenvalue weighted by molar-refractivity contribution is 7.89. The Labute approximate surface area is 134 Å². The van der Waals surface area contributed by atoms with Crippen molar-refractivity contribution in [3.05, 3.63) is 22.2 Å². The van der Waals surface area contributed by atoms with Gasteiger partial charge < -0.3 is 5.73 Å². The second-order valence-electron chi connectivity index (χ2n) is 5.64. The van der Waals surface area contributed by atoms with Crippen molar-refractivity contribution in [1.29, 1.82) is 0 Å². The van der Waals surface area contributed by atoms with Crippen LogP contribution in [-0.4, -0.2) is 38.5 Å². The molecule has 116 valence electrons. The van der Waals surface area contributed by atoms with Crippen molar-refractivity contribution in [1.82, 2.24) is 9.62 Å². The molecule has 5 nitrogen and oxygen atoms in total. The van der Waals surface area contributed by atoms with Crippen molar-refractivity contribution in [3.63, 3.8) is 0 Å². The van der Waals surface area contributed by atoms with E-state index in [4.69, 9.17) is 28.9 Å². The maximum atomic E-state index is 12.5. The Morgan fingerprint density at radius 3 is 2.57 bits per heavy atom. The van der Waals surface area contributed by atoms with Gasteiger partial charge >= 0.3 is 0 Å². The standard InChI is InChI=1S/C13H17Cl2N3O2S/c14-8-5-11(15)13(12(16)6-8)21(19,20)17-9-3-4-18(7-9)10-1-2-10/h5-6,9-10,17H,1-4,7,16H2. The van der Waals surface area contributed by atoms with E-state index >= 15 is 0 Å². The van der Waals surface area contributed by atoms with Crippen LogP contribution >= 0.6 is 23.2 Å². The number of anilines is 1. The molecule has 0 bridgehead atoms. The molecule has 1 unspecified atom stereocenters. The van der Waals surface area contributed by atoms with E-state index in [0.717, 1.165) is 19.5 Å². The Balaban J connectivity index is 1.78. The van der Waals surface area contributed by atoms with Crippen molar-refractivity contribution in [2.75, 3.05) is 18.8 Å². The molecular weight excluding hydrogens is 333 g/mol. The highest BCUT2D eigenvalue weighted by atomic mass is 35.5. The van der Waals surface area contributed by atoms with Gasteiger partial charge in [-0.3, -0.25) is 4.90 Å². The van der Waals surface area contributed by atoms with E-state index in [1.807, 2.05) is 0 Å². The lowest BCUT2D eigenvalue weighted by Gasteiger charge is -2.17.